The summed E-state index contributed by atoms with van der Waals surface area (Å²) in [5.74, 6) is 0.482. The number of sulfonamides is 1. The molecule has 0 radical (unpaired) electrons. The van der Waals surface area contributed by atoms with E-state index in [1.807, 2.05) is 44.4 Å². The highest BCUT2D eigenvalue weighted by Crippen LogP contribution is 2.28. The smallest absolute Gasteiger partial charge is 0.240 e. The molecule has 170 valence electrons. The highest BCUT2D eigenvalue weighted by Gasteiger charge is 2.17. The maximum Gasteiger partial charge on any atom is 0.240 e. The first-order valence-electron chi connectivity index (χ1n) is 10.4. The second kappa shape index (κ2) is 11.5. The van der Waals surface area contributed by atoms with E-state index in [2.05, 4.69) is 10.0 Å². The van der Waals surface area contributed by atoms with Crippen LogP contribution in [0.25, 0.3) is 0 Å². The number of amides is 1. The lowest BCUT2D eigenvalue weighted by molar-refractivity contribution is -0.118. The van der Waals surface area contributed by atoms with Gasteiger partial charge in [-0.2, -0.15) is 0 Å². The first kappa shape index (κ1) is 25.2. The quantitative estimate of drug-likeness (QED) is 0.372. The summed E-state index contributed by atoms with van der Waals surface area (Å²) in [6, 6.07) is 12.7. The average Bonchev–Trinajstić information content (AvgIpc) is 2.71. The van der Waals surface area contributed by atoms with Crippen molar-refractivity contribution in [1.82, 2.24) is 4.72 Å². The molecule has 0 aliphatic carbocycles. The van der Waals surface area contributed by atoms with Gasteiger partial charge in [-0.1, -0.05) is 26.0 Å². The molecule has 0 saturated heterocycles. The molecule has 0 saturated carbocycles. The van der Waals surface area contributed by atoms with E-state index in [0.29, 0.717) is 18.7 Å². The van der Waals surface area contributed by atoms with Crippen LogP contribution < -0.4 is 14.8 Å². The highest BCUT2D eigenvalue weighted by atomic mass is 32.2. The largest absolute Gasteiger partial charge is 0.491 e. The second-order valence-corrected chi connectivity index (χ2v) is 10.4. The minimum Gasteiger partial charge on any atom is -0.491 e. The summed E-state index contributed by atoms with van der Waals surface area (Å²) in [5.41, 5.74) is 1.64. The minimum atomic E-state index is -3.67. The van der Waals surface area contributed by atoms with Crippen LogP contribution in [0.2, 0.25) is 0 Å². The van der Waals surface area contributed by atoms with E-state index in [1.54, 1.807) is 26.0 Å². The Labute approximate surface area is 190 Å². The van der Waals surface area contributed by atoms with Crippen molar-refractivity contribution in [3.8, 4) is 5.75 Å². The van der Waals surface area contributed by atoms with Crippen LogP contribution in [-0.2, 0) is 21.2 Å². The van der Waals surface area contributed by atoms with E-state index in [1.165, 1.54) is 17.8 Å². The topological polar surface area (TPSA) is 84.5 Å². The fourth-order valence-electron chi connectivity index (χ4n) is 2.82. The second-order valence-electron chi connectivity index (χ2n) is 7.82. The van der Waals surface area contributed by atoms with E-state index in [0.717, 1.165) is 22.6 Å². The molecule has 0 aliphatic heterocycles. The molecule has 0 spiro atoms. The van der Waals surface area contributed by atoms with Crippen LogP contribution in [-0.4, -0.2) is 33.2 Å². The summed E-state index contributed by atoms with van der Waals surface area (Å²) in [5, 5.41) is 2.82. The maximum absolute atomic E-state index is 12.7. The third-order valence-electron chi connectivity index (χ3n) is 4.49. The van der Waals surface area contributed by atoms with Gasteiger partial charge in [0.15, 0.2) is 0 Å². The molecule has 31 heavy (non-hydrogen) atoms. The van der Waals surface area contributed by atoms with E-state index in [-0.39, 0.29) is 22.8 Å². The number of carbonyl (C=O) groups is 1. The lowest BCUT2D eigenvalue weighted by Crippen LogP contribution is -2.25. The summed E-state index contributed by atoms with van der Waals surface area (Å²) in [6.07, 6.45) is 3.44. The molecule has 2 rings (SSSR count). The first-order chi connectivity index (χ1) is 14.6. The van der Waals surface area contributed by atoms with Crippen molar-refractivity contribution in [3.05, 3.63) is 48.0 Å². The van der Waals surface area contributed by atoms with Crippen LogP contribution in [0.4, 0.5) is 5.69 Å². The molecule has 8 heteroatoms. The number of nitrogens with one attached hydrogen (secondary N) is 2. The van der Waals surface area contributed by atoms with Crippen molar-refractivity contribution >= 4 is 33.4 Å². The Balaban J connectivity index is 1.96. The zero-order valence-electron chi connectivity index (χ0n) is 18.8. The molecule has 6 nitrogen and oxygen atoms in total. The Bertz CT molecular complexity index is 972. The van der Waals surface area contributed by atoms with Crippen LogP contribution in [0.15, 0.2) is 52.3 Å². The standard InChI is InChI=1S/C23H32N2O4S2/c1-16(2)23(26)25-21-15-20(12-13-22(21)30-5)31(27,28)24-14-6-7-18-8-10-19(11-9-18)29-17(3)4/h8-13,15-17,24H,6-7,14H2,1-5H3,(H,25,26). The van der Waals surface area contributed by atoms with Gasteiger partial charge in [-0.3, -0.25) is 4.79 Å². The predicted octanol–water partition coefficient (Wildman–Crippen LogP) is 4.70. The minimum absolute atomic E-state index is 0.129. The van der Waals surface area contributed by atoms with E-state index < -0.39 is 10.0 Å². The normalized spacial score (nSPS) is 11.7. The molecule has 0 heterocycles. The number of hydrogen-bond donors (Lipinski definition) is 2. The average molecular weight is 465 g/mol. The van der Waals surface area contributed by atoms with Gasteiger partial charge in [0, 0.05) is 17.4 Å². The Morgan fingerprint density at radius 1 is 1.06 bits per heavy atom. The molecule has 2 aromatic carbocycles. The number of aryl methyl sites for hydroxylation is 1. The van der Waals surface area contributed by atoms with Gasteiger partial charge in [0.1, 0.15) is 5.75 Å². The van der Waals surface area contributed by atoms with E-state index in [9.17, 15) is 13.2 Å². The van der Waals surface area contributed by atoms with Gasteiger partial charge in [-0.05, 0) is 68.8 Å². The molecule has 0 atom stereocenters. The SMILES string of the molecule is CSc1ccc(S(=O)(=O)NCCCc2ccc(OC(C)C)cc2)cc1NC(=O)C(C)C. The number of rotatable bonds is 11. The van der Waals surface area contributed by atoms with Gasteiger partial charge in [-0.25, -0.2) is 13.1 Å². The number of hydrogen-bond acceptors (Lipinski definition) is 5. The third kappa shape index (κ3) is 7.87. The van der Waals surface area contributed by atoms with Crippen LogP contribution in [0.3, 0.4) is 0 Å². The van der Waals surface area contributed by atoms with Gasteiger partial charge >= 0.3 is 0 Å². The Hall–Kier alpha value is -2.03. The van der Waals surface area contributed by atoms with Crippen molar-refractivity contribution in [2.45, 2.75) is 56.4 Å². The summed E-state index contributed by atoms with van der Waals surface area (Å²) in [7, 11) is -3.67. The highest BCUT2D eigenvalue weighted by molar-refractivity contribution is 7.98. The van der Waals surface area contributed by atoms with Gasteiger partial charge in [-0.15, -0.1) is 11.8 Å². The van der Waals surface area contributed by atoms with Crippen LogP contribution in [0.1, 0.15) is 39.7 Å². The molecular weight excluding hydrogens is 432 g/mol. The molecule has 2 aromatic rings. The molecule has 0 fully saturated rings. The summed E-state index contributed by atoms with van der Waals surface area (Å²) in [4.78, 5) is 13.0. The molecule has 1 amide bonds. The summed E-state index contributed by atoms with van der Waals surface area (Å²) >= 11 is 1.45. The lowest BCUT2D eigenvalue weighted by atomic mass is 10.1. The van der Waals surface area contributed by atoms with Crippen LogP contribution in [0.5, 0.6) is 5.75 Å². The Kier molecular flexibility index (Phi) is 9.40. The molecule has 0 bridgehead atoms. The van der Waals surface area contributed by atoms with Crippen molar-refractivity contribution < 1.29 is 17.9 Å². The number of thioether (sulfide) groups is 1. The monoisotopic (exact) mass is 464 g/mol. The Morgan fingerprint density at radius 3 is 2.32 bits per heavy atom. The fourth-order valence-corrected chi connectivity index (χ4v) is 4.45. The van der Waals surface area contributed by atoms with Crippen molar-refractivity contribution in [3.63, 3.8) is 0 Å². The predicted molar refractivity (Wildman–Crippen MR) is 127 cm³/mol. The van der Waals surface area contributed by atoms with Crippen molar-refractivity contribution in [1.29, 1.82) is 0 Å². The first-order valence-corrected chi connectivity index (χ1v) is 13.1. The molecule has 0 aliphatic rings. The lowest BCUT2D eigenvalue weighted by Gasteiger charge is -2.14. The van der Waals surface area contributed by atoms with Gasteiger partial charge < -0.3 is 10.1 Å². The number of ether oxygens (including phenoxy) is 1. The molecule has 0 unspecified atom stereocenters. The summed E-state index contributed by atoms with van der Waals surface area (Å²) in [6.45, 7) is 7.87. The number of carbonyl (C=O) groups excluding carboxylic acids is 1. The van der Waals surface area contributed by atoms with Crippen LogP contribution >= 0.6 is 11.8 Å². The molecule has 2 N–H and O–H groups in total. The van der Waals surface area contributed by atoms with E-state index in [4.69, 9.17) is 4.74 Å². The van der Waals surface area contributed by atoms with Crippen molar-refractivity contribution in [2.24, 2.45) is 5.92 Å². The fraction of sp³-hybridized carbons (Fsp3) is 0.435. The maximum atomic E-state index is 12.7. The molecule has 0 aromatic heterocycles. The van der Waals surface area contributed by atoms with Gasteiger partial charge in [0.2, 0.25) is 15.9 Å². The number of benzene rings is 2. The zero-order chi connectivity index (χ0) is 23.0. The van der Waals surface area contributed by atoms with E-state index >= 15 is 0 Å². The summed E-state index contributed by atoms with van der Waals surface area (Å²) < 4.78 is 33.7. The number of anilines is 1. The van der Waals surface area contributed by atoms with Crippen LogP contribution in [0, 0.1) is 5.92 Å². The Morgan fingerprint density at radius 2 is 1.74 bits per heavy atom. The van der Waals surface area contributed by atoms with Gasteiger partial charge in [0.25, 0.3) is 0 Å². The van der Waals surface area contributed by atoms with Crippen molar-refractivity contribution in [2.75, 3.05) is 18.1 Å². The zero-order valence-corrected chi connectivity index (χ0v) is 20.4. The van der Waals surface area contributed by atoms with Gasteiger partial charge in [0.05, 0.1) is 16.7 Å². The molecular formula is C23H32N2O4S2. The third-order valence-corrected chi connectivity index (χ3v) is 6.75.